The quantitative estimate of drug-likeness (QED) is 0.165. The second kappa shape index (κ2) is 11.6. The maximum Gasteiger partial charge on any atom is 0.292 e. The van der Waals surface area contributed by atoms with Crippen LogP contribution in [0.15, 0.2) is 30.3 Å². The molecule has 0 saturated carbocycles. The Hall–Kier alpha value is -2.32. The average Bonchev–Trinajstić information content (AvgIpc) is 2.75. The van der Waals surface area contributed by atoms with E-state index in [9.17, 15) is 24.9 Å². The molecule has 1 aromatic rings. The normalized spacial score (nSPS) is 26.5. The minimum atomic E-state index is -1.36. The van der Waals surface area contributed by atoms with Gasteiger partial charge in [-0.05, 0) is 6.42 Å². The van der Waals surface area contributed by atoms with E-state index < -0.39 is 49.0 Å². The molecule has 0 unspecified atom stereocenters. The number of Topliss-reactive ketones (excluding diaryl/α,β-unsaturated/α-hetero) is 1. The second-order valence-electron chi connectivity index (χ2n) is 6.36. The van der Waals surface area contributed by atoms with Crippen molar-refractivity contribution < 1.29 is 39.1 Å². The zero-order valence-electron chi connectivity index (χ0n) is 15.8. The van der Waals surface area contributed by atoms with Gasteiger partial charge in [0, 0.05) is 12.1 Å². The van der Waals surface area contributed by atoms with Gasteiger partial charge in [-0.3, -0.25) is 9.59 Å². The summed E-state index contributed by atoms with van der Waals surface area (Å²) in [6.45, 7) is -0.368. The van der Waals surface area contributed by atoms with E-state index in [-0.39, 0.29) is 19.8 Å². The third-order valence-corrected chi connectivity index (χ3v) is 4.31. The van der Waals surface area contributed by atoms with Crippen molar-refractivity contribution in [1.82, 2.24) is 5.32 Å². The van der Waals surface area contributed by atoms with Crippen LogP contribution in [0.5, 0.6) is 0 Å². The second-order valence-corrected chi connectivity index (χ2v) is 6.36. The van der Waals surface area contributed by atoms with E-state index >= 15 is 0 Å². The van der Waals surface area contributed by atoms with Crippen LogP contribution in [0.4, 0.5) is 0 Å². The Morgan fingerprint density at radius 3 is 2.55 bits per heavy atom. The predicted octanol–water partition coefficient (Wildman–Crippen LogP) is -1.15. The third-order valence-electron chi connectivity index (χ3n) is 4.31. The van der Waals surface area contributed by atoms with Crippen LogP contribution in [0.1, 0.15) is 16.8 Å². The fourth-order valence-electron chi connectivity index (χ4n) is 2.79. The Bertz CT molecular complexity index is 704. The molecule has 0 spiro atoms. The van der Waals surface area contributed by atoms with Gasteiger partial charge in [0.2, 0.25) is 5.78 Å². The zero-order valence-corrected chi connectivity index (χ0v) is 15.8. The van der Waals surface area contributed by atoms with Gasteiger partial charge in [0.05, 0.1) is 13.2 Å². The molecular formula is C20H25NO8. The number of carbonyl (C=O) groups is 2. The molecule has 5 atom stereocenters. The summed E-state index contributed by atoms with van der Waals surface area (Å²) < 4.78 is 16.3. The van der Waals surface area contributed by atoms with Gasteiger partial charge in [0.1, 0.15) is 31.0 Å². The molecule has 9 nitrogen and oxygen atoms in total. The number of ether oxygens (including phenoxy) is 3. The van der Waals surface area contributed by atoms with Crippen LogP contribution in [0.3, 0.4) is 0 Å². The molecule has 1 aromatic carbocycles. The summed E-state index contributed by atoms with van der Waals surface area (Å²) in [7, 11) is 0. The van der Waals surface area contributed by atoms with Gasteiger partial charge in [-0.2, -0.15) is 0 Å². The van der Waals surface area contributed by atoms with Crippen molar-refractivity contribution in [1.29, 1.82) is 0 Å². The SMILES string of the molecule is C#CCO[C@@H]1[C@@H](OCCCNC(=O)C(=O)c2ccccc2)O[C@H](CO)[C@@H](O)[C@@H]1O. The number of amides is 1. The molecule has 0 aliphatic carbocycles. The number of hydrogen-bond donors (Lipinski definition) is 4. The molecule has 9 heteroatoms. The Balaban J connectivity index is 1.79. The van der Waals surface area contributed by atoms with E-state index in [4.69, 9.17) is 20.6 Å². The minimum Gasteiger partial charge on any atom is -0.394 e. The summed E-state index contributed by atoms with van der Waals surface area (Å²) in [6, 6.07) is 8.19. The molecule has 1 heterocycles. The van der Waals surface area contributed by atoms with E-state index in [1.807, 2.05) is 0 Å². The Morgan fingerprint density at radius 2 is 1.90 bits per heavy atom. The third kappa shape index (κ3) is 6.33. The molecule has 1 saturated heterocycles. The molecular weight excluding hydrogens is 382 g/mol. The van der Waals surface area contributed by atoms with Crippen LogP contribution in [-0.4, -0.2) is 84.1 Å². The molecule has 158 valence electrons. The molecule has 2 rings (SSSR count). The van der Waals surface area contributed by atoms with Gasteiger partial charge in [-0.25, -0.2) is 0 Å². The highest BCUT2D eigenvalue weighted by atomic mass is 16.7. The molecule has 1 amide bonds. The predicted molar refractivity (Wildman–Crippen MR) is 101 cm³/mol. The number of aliphatic hydroxyl groups excluding tert-OH is 3. The van der Waals surface area contributed by atoms with E-state index in [0.717, 1.165) is 0 Å². The van der Waals surface area contributed by atoms with Gasteiger partial charge in [-0.1, -0.05) is 36.3 Å². The van der Waals surface area contributed by atoms with Crippen molar-refractivity contribution in [3.63, 3.8) is 0 Å². The summed E-state index contributed by atoms with van der Waals surface area (Å²) in [5.74, 6) is 0.900. The van der Waals surface area contributed by atoms with Gasteiger partial charge in [-0.15, -0.1) is 6.42 Å². The number of benzene rings is 1. The van der Waals surface area contributed by atoms with E-state index in [0.29, 0.717) is 12.0 Å². The lowest BCUT2D eigenvalue weighted by atomic mass is 9.99. The van der Waals surface area contributed by atoms with E-state index in [1.54, 1.807) is 30.3 Å². The molecule has 29 heavy (non-hydrogen) atoms. The number of ketones is 1. The van der Waals surface area contributed by atoms with Gasteiger partial charge >= 0.3 is 0 Å². The molecule has 1 fully saturated rings. The smallest absolute Gasteiger partial charge is 0.292 e. The van der Waals surface area contributed by atoms with Gasteiger partial charge in [0.25, 0.3) is 5.91 Å². The first-order chi connectivity index (χ1) is 14.0. The van der Waals surface area contributed by atoms with Crippen molar-refractivity contribution in [2.45, 2.75) is 37.1 Å². The highest BCUT2D eigenvalue weighted by molar-refractivity contribution is 6.42. The molecule has 0 radical (unpaired) electrons. The topological polar surface area (TPSA) is 135 Å². The Labute approximate surface area is 168 Å². The van der Waals surface area contributed by atoms with Crippen LogP contribution >= 0.6 is 0 Å². The maximum atomic E-state index is 12.0. The van der Waals surface area contributed by atoms with Crippen LogP contribution < -0.4 is 5.32 Å². The number of carbonyl (C=O) groups excluding carboxylic acids is 2. The summed E-state index contributed by atoms with van der Waals surface area (Å²) >= 11 is 0. The van der Waals surface area contributed by atoms with Gasteiger partial charge in [0.15, 0.2) is 6.29 Å². The standard InChI is InChI=1S/C20H25NO8/c1-2-10-27-18-17(25)16(24)14(12-22)29-20(18)28-11-6-9-21-19(26)15(23)13-7-4-3-5-8-13/h1,3-5,7-8,14,16-18,20,22,24-25H,6,9-12H2,(H,21,26)/t14-,16-,17+,18+,20+/m1/s1. The molecule has 1 aliphatic rings. The van der Waals surface area contributed by atoms with Crippen molar-refractivity contribution in [2.24, 2.45) is 0 Å². The van der Waals surface area contributed by atoms with E-state index in [2.05, 4.69) is 11.2 Å². The first-order valence-electron chi connectivity index (χ1n) is 9.16. The molecule has 4 N–H and O–H groups in total. The lowest BCUT2D eigenvalue weighted by Gasteiger charge is -2.41. The highest BCUT2D eigenvalue weighted by Gasteiger charge is 2.45. The maximum absolute atomic E-state index is 12.0. The van der Waals surface area contributed by atoms with Crippen molar-refractivity contribution in [3.05, 3.63) is 35.9 Å². The number of terminal acetylenes is 1. The largest absolute Gasteiger partial charge is 0.394 e. The fraction of sp³-hybridized carbons (Fsp3) is 0.500. The summed E-state index contributed by atoms with van der Waals surface area (Å²) in [6.07, 6.45) is -0.369. The highest BCUT2D eigenvalue weighted by Crippen LogP contribution is 2.24. The summed E-state index contributed by atoms with van der Waals surface area (Å²) in [4.78, 5) is 23.9. The fourth-order valence-corrected chi connectivity index (χ4v) is 2.79. The van der Waals surface area contributed by atoms with Crippen molar-refractivity contribution in [2.75, 3.05) is 26.4 Å². The summed E-state index contributed by atoms with van der Waals surface area (Å²) in [5, 5.41) is 31.9. The molecule has 1 aliphatic heterocycles. The van der Waals surface area contributed by atoms with Crippen LogP contribution in [0, 0.1) is 12.3 Å². The first kappa shape index (κ1) is 23.0. The average molecular weight is 407 g/mol. The molecule has 0 bridgehead atoms. The van der Waals surface area contributed by atoms with Gasteiger partial charge < -0.3 is 34.8 Å². The first-order valence-corrected chi connectivity index (χ1v) is 9.16. The number of rotatable bonds is 10. The van der Waals surface area contributed by atoms with Crippen LogP contribution in [0.2, 0.25) is 0 Å². The number of nitrogens with one attached hydrogen (secondary N) is 1. The number of aliphatic hydroxyl groups is 3. The van der Waals surface area contributed by atoms with Crippen molar-refractivity contribution >= 4 is 11.7 Å². The summed E-state index contributed by atoms with van der Waals surface area (Å²) in [5.41, 5.74) is 0.299. The van der Waals surface area contributed by atoms with Crippen molar-refractivity contribution in [3.8, 4) is 12.3 Å². The number of hydrogen-bond acceptors (Lipinski definition) is 8. The monoisotopic (exact) mass is 407 g/mol. The van der Waals surface area contributed by atoms with Crippen LogP contribution in [-0.2, 0) is 19.0 Å². The lowest BCUT2D eigenvalue weighted by Crippen LogP contribution is -2.60. The zero-order chi connectivity index (χ0) is 21.2. The minimum absolute atomic E-state index is 0.0986. The van der Waals surface area contributed by atoms with Crippen LogP contribution in [0.25, 0.3) is 0 Å². The Morgan fingerprint density at radius 1 is 1.17 bits per heavy atom. The van der Waals surface area contributed by atoms with E-state index in [1.165, 1.54) is 0 Å². The lowest BCUT2D eigenvalue weighted by molar-refractivity contribution is -0.308. The molecule has 0 aromatic heterocycles. The Kier molecular flexibility index (Phi) is 9.21.